The Hall–Kier alpha value is -4.06. The number of carbonyl (C=O) groups is 3. The van der Waals surface area contributed by atoms with E-state index < -0.39 is 40.4 Å². The van der Waals surface area contributed by atoms with Crippen molar-refractivity contribution in [2.75, 3.05) is 10.2 Å². The van der Waals surface area contributed by atoms with Gasteiger partial charge in [0.25, 0.3) is 0 Å². The van der Waals surface area contributed by atoms with E-state index in [-0.39, 0.29) is 17.3 Å². The highest BCUT2D eigenvalue weighted by Crippen LogP contribution is 2.58. The second kappa shape index (κ2) is 7.97. The SMILES string of the molecule is CC(C)(C)C(=O)[C@@H]1[C@H](C(=O)c2ccccc2F)[C@]2(C(=O)Nc3ccccc32)[C@@H]2C=Cc3ccccc3N12. The minimum absolute atomic E-state index is 0.118. The first-order chi connectivity index (χ1) is 17.7. The number of hydrogen-bond donors (Lipinski definition) is 1. The lowest BCUT2D eigenvalue weighted by molar-refractivity contribution is -0.128. The van der Waals surface area contributed by atoms with Crippen molar-refractivity contribution in [3.8, 4) is 0 Å². The van der Waals surface area contributed by atoms with Gasteiger partial charge < -0.3 is 10.2 Å². The van der Waals surface area contributed by atoms with Crippen molar-refractivity contribution in [3.05, 3.63) is 101 Å². The molecule has 0 unspecified atom stereocenters. The lowest BCUT2D eigenvalue weighted by Gasteiger charge is -2.38. The number of rotatable bonds is 3. The van der Waals surface area contributed by atoms with Crippen LogP contribution in [0.25, 0.3) is 6.08 Å². The first-order valence-corrected chi connectivity index (χ1v) is 12.5. The molecule has 5 nitrogen and oxygen atoms in total. The van der Waals surface area contributed by atoms with Crippen LogP contribution in [0.15, 0.2) is 78.9 Å². The summed E-state index contributed by atoms with van der Waals surface area (Å²) >= 11 is 0. The van der Waals surface area contributed by atoms with Crippen LogP contribution < -0.4 is 10.2 Å². The summed E-state index contributed by atoms with van der Waals surface area (Å²) in [6, 6.07) is 19.1. The van der Waals surface area contributed by atoms with Crippen LogP contribution in [0.1, 0.15) is 42.3 Å². The van der Waals surface area contributed by atoms with Gasteiger partial charge in [-0.3, -0.25) is 14.4 Å². The van der Waals surface area contributed by atoms with Crippen LogP contribution in [0.4, 0.5) is 15.8 Å². The fourth-order valence-corrected chi connectivity index (χ4v) is 6.39. The molecule has 3 heterocycles. The summed E-state index contributed by atoms with van der Waals surface area (Å²) in [6.45, 7) is 5.44. The molecule has 4 atom stereocenters. The maximum Gasteiger partial charge on any atom is 0.238 e. The van der Waals surface area contributed by atoms with Crippen molar-refractivity contribution in [3.63, 3.8) is 0 Å². The predicted molar refractivity (Wildman–Crippen MR) is 141 cm³/mol. The zero-order valence-electron chi connectivity index (χ0n) is 20.9. The van der Waals surface area contributed by atoms with Gasteiger partial charge in [-0.05, 0) is 35.4 Å². The van der Waals surface area contributed by atoms with E-state index >= 15 is 4.39 Å². The highest BCUT2D eigenvalue weighted by atomic mass is 19.1. The van der Waals surface area contributed by atoms with Crippen LogP contribution in [-0.2, 0) is 15.0 Å². The molecule has 1 N–H and O–H groups in total. The standard InChI is InChI=1S/C31H27FN2O3/c1-30(2,3)28(36)26-25(27(35)19-11-5-7-13-21(19)32)31(20-12-6-8-14-22(20)33-29(31)37)24-17-16-18-10-4-9-15-23(18)34(24)26/h4-17,24-26H,1-3H3,(H,33,37)/t24-,25+,26-,31+/m0/s1. The third-order valence-corrected chi connectivity index (χ3v) is 7.97. The number of nitrogens with zero attached hydrogens (tertiary/aromatic N) is 1. The van der Waals surface area contributed by atoms with Crippen molar-refractivity contribution in [2.45, 2.75) is 38.3 Å². The van der Waals surface area contributed by atoms with Gasteiger partial charge in [-0.1, -0.05) is 81.5 Å². The van der Waals surface area contributed by atoms with Gasteiger partial charge in [-0.25, -0.2) is 4.39 Å². The Morgan fingerprint density at radius 2 is 1.62 bits per heavy atom. The number of anilines is 2. The highest BCUT2D eigenvalue weighted by Gasteiger charge is 2.70. The summed E-state index contributed by atoms with van der Waals surface area (Å²) < 4.78 is 15.1. The number of Topliss-reactive ketones (excluding diaryl/α,β-unsaturated/α-hetero) is 2. The second-order valence-corrected chi connectivity index (χ2v) is 11.0. The van der Waals surface area contributed by atoms with E-state index in [0.717, 1.165) is 11.3 Å². The quantitative estimate of drug-likeness (QED) is 0.494. The fraction of sp³-hybridized carbons (Fsp3) is 0.258. The Balaban J connectivity index is 1.70. The number of para-hydroxylation sites is 2. The fourth-order valence-electron chi connectivity index (χ4n) is 6.39. The average Bonchev–Trinajstić information content (AvgIpc) is 3.35. The first-order valence-electron chi connectivity index (χ1n) is 12.5. The number of carbonyl (C=O) groups excluding carboxylic acids is 3. The van der Waals surface area contributed by atoms with Gasteiger partial charge in [-0.15, -0.1) is 0 Å². The molecule has 0 aromatic heterocycles. The number of amides is 1. The largest absolute Gasteiger partial charge is 0.352 e. The maximum atomic E-state index is 15.1. The highest BCUT2D eigenvalue weighted by molar-refractivity contribution is 6.17. The van der Waals surface area contributed by atoms with Gasteiger partial charge in [0.15, 0.2) is 11.6 Å². The Morgan fingerprint density at radius 1 is 0.946 bits per heavy atom. The van der Waals surface area contributed by atoms with Gasteiger partial charge >= 0.3 is 0 Å². The Morgan fingerprint density at radius 3 is 2.38 bits per heavy atom. The van der Waals surface area contributed by atoms with Gasteiger partial charge in [0.2, 0.25) is 5.91 Å². The summed E-state index contributed by atoms with van der Waals surface area (Å²) in [7, 11) is 0. The first kappa shape index (κ1) is 23.3. The van der Waals surface area contributed by atoms with E-state index in [2.05, 4.69) is 5.32 Å². The molecule has 3 aliphatic heterocycles. The number of nitrogens with one attached hydrogen (secondary N) is 1. The molecule has 0 saturated carbocycles. The van der Waals surface area contributed by atoms with E-state index in [1.807, 2.05) is 80.3 Å². The Labute approximate surface area is 215 Å². The molecule has 6 heteroatoms. The van der Waals surface area contributed by atoms with Crippen LogP contribution in [0.2, 0.25) is 0 Å². The summed E-state index contributed by atoms with van der Waals surface area (Å²) in [6.07, 6.45) is 3.86. The predicted octanol–water partition coefficient (Wildman–Crippen LogP) is 5.41. The summed E-state index contributed by atoms with van der Waals surface area (Å²) in [4.78, 5) is 44.8. The Bertz CT molecular complexity index is 1500. The number of hydrogen-bond acceptors (Lipinski definition) is 4. The summed E-state index contributed by atoms with van der Waals surface area (Å²) in [5.41, 5.74) is 0.565. The van der Waals surface area contributed by atoms with E-state index in [4.69, 9.17) is 0 Å². The molecule has 6 rings (SSSR count). The van der Waals surface area contributed by atoms with Crippen LogP contribution in [0.3, 0.4) is 0 Å². The third-order valence-electron chi connectivity index (χ3n) is 7.97. The lowest BCUT2D eigenvalue weighted by Crippen LogP contribution is -2.51. The molecule has 3 aromatic carbocycles. The topological polar surface area (TPSA) is 66.5 Å². The molecule has 186 valence electrons. The Kier molecular flexibility index (Phi) is 5.03. The van der Waals surface area contributed by atoms with E-state index in [0.29, 0.717) is 11.3 Å². The third kappa shape index (κ3) is 3.11. The van der Waals surface area contributed by atoms with Crippen LogP contribution in [-0.4, -0.2) is 29.6 Å². The van der Waals surface area contributed by atoms with Gasteiger partial charge in [0.05, 0.1) is 17.5 Å². The van der Waals surface area contributed by atoms with Crippen LogP contribution >= 0.6 is 0 Å². The molecule has 1 saturated heterocycles. The zero-order valence-corrected chi connectivity index (χ0v) is 20.9. The minimum Gasteiger partial charge on any atom is -0.352 e. The van der Waals surface area contributed by atoms with Gasteiger partial charge in [0.1, 0.15) is 17.3 Å². The van der Waals surface area contributed by atoms with Crippen molar-refractivity contribution in [1.29, 1.82) is 0 Å². The van der Waals surface area contributed by atoms with Gasteiger partial charge in [0, 0.05) is 16.8 Å². The molecule has 3 aromatic rings. The van der Waals surface area contributed by atoms with E-state index in [1.54, 1.807) is 12.1 Å². The van der Waals surface area contributed by atoms with Gasteiger partial charge in [-0.2, -0.15) is 0 Å². The van der Waals surface area contributed by atoms with E-state index in [9.17, 15) is 14.4 Å². The molecule has 0 aliphatic carbocycles. The number of ketones is 2. The molecule has 0 bridgehead atoms. The van der Waals surface area contributed by atoms with Crippen LogP contribution in [0.5, 0.6) is 0 Å². The lowest BCUT2D eigenvalue weighted by atomic mass is 9.63. The molecule has 1 spiro atoms. The van der Waals surface area contributed by atoms with Crippen molar-refractivity contribution in [2.24, 2.45) is 11.3 Å². The molecule has 37 heavy (non-hydrogen) atoms. The zero-order chi connectivity index (χ0) is 26.1. The smallest absolute Gasteiger partial charge is 0.238 e. The maximum absolute atomic E-state index is 15.1. The molecule has 0 radical (unpaired) electrons. The van der Waals surface area contributed by atoms with Crippen LogP contribution in [0, 0.1) is 17.2 Å². The van der Waals surface area contributed by atoms with Crippen molar-refractivity contribution < 1.29 is 18.8 Å². The molecule has 1 fully saturated rings. The monoisotopic (exact) mass is 494 g/mol. The van der Waals surface area contributed by atoms with Crippen molar-refractivity contribution >= 4 is 34.9 Å². The number of fused-ring (bicyclic) bond motifs is 6. The summed E-state index contributed by atoms with van der Waals surface area (Å²) in [5, 5.41) is 2.98. The second-order valence-electron chi connectivity index (χ2n) is 11.0. The van der Waals surface area contributed by atoms with Crippen molar-refractivity contribution in [1.82, 2.24) is 0 Å². The molecular weight excluding hydrogens is 467 g/mol. The average molecular weight is 495 g/mol. The number of halogens is 1. The summed E-state index contributed by atoms with van der Waals surface area (Å²) in [5.74, 6) is -2.90. The molecule has 1 amide bonds. The number of benzene rings is 3. The molecule has 3 aliphatic rings. The van der Waals surface area contributed by atoms with E-state index in [1.165, 1.54) is 18.2 Å². The minimum atomic E-state index is -1.43. The molecular formula is C31H27FN2O3. The normalized spacial score (nSPS) is 25.5.